The van der Waals surface area contributed by atoms with E-state index in [0.29, 0.717) is 5.56 Å². The van der Waals surface area contributed by atoms with Gasteiger partial charge in [-0.1, -0.05) is 38.8 Å². The van der Waals surface area contributed by atoms with Crippen LogP contribution in [0.3, 0.4) is 0 Å². The lowest BCUT2D eigenvalue weighted by Crippen LogP contribution is -2.18. The second-order valence-corrected chi connectivity index (χ2v) is 5.37. The molecule has 0 amide bonds. The first-order valence-corrected chi connectivity index (χ1v) is 6.24. The zero-order valence-electron chi connectivity index (χ0n) is 8.43. The van der Waals surface area contributed by atoms with Gasteiger partial charge in [-0.25, -0.2) is 4.39 Å². The minimum absolute atomic E-state index is 0.00174. The topological polar surface area (TPSA) is 17.1 Å². The van der Waals surface area contributed by atoms with Gasteiger partial charge in [0.1, 0.15) is 11.6 Å². The molecule has 1 aromatic carbocycles. The average molecular weight is 338 g/mol. The molecule has 1 rings (SSSR count). The number of halogens is 3. The van der Waals surface area contributed by atoms with Crippen molar-refractivity contribution >= 4 is 37.6 Å². The fraction of sp³-hybridized carbons (Fsp3) is 0.364. The van der Waals surface area contributed by atoms with Gasteiger partial charge < -0.3 is 0 Å². The Balaban J connectivity index is 3.04. The molecule has 15 heavy (non-hydrogen) atoms. The molecule has 82 valence electrons. The van der Waals surface area contributed by atoms with Crippen molar-refractivity contribution in [1.82, 2.24) is 0 Å². The summed E-state index contributed by atoms with van der Waals surface area (Å²) in [6.45, 7) is 3.32. The molecule has 0 saturated heterocycles. The van der Waals surface area contributed by atoms with Crippen molar-refractivity contribution in [3.05, 3.63) is 34.1 Å². The standard InChI is InChI=1S/C11H11Br2FO/c1-6(11(13)7(2)15)9-5-8(12)3-4-10(9)14/h3-6,11H,1-2H3. The van der Waals surface area contributed by atoms with E-state index in [2.05, 4.69) is 31.9 Å². The zero-order chi connectivity index (χ0) is 11.6. The molecule has 0 fully saturated rings. The third-order valence-electron chi connectivity index (χ3n) is 2.28. The second kappa shape index (κ2) is 5.21. The number of benzene rings is 1. The fourth-order valence-corrected chi connectivity index (χ4v) is 2.04. The number of hydrogen-bond donors (Lipinski definition) is 0. The summed E-state index contributed by atoms with van der Waals surface area (Å²) in [5.74, 6) is -0.460. The quantitative estimate of drug-likeness (QED) is 0.760. The monoisotopic (exact) mass is 336 g/mol. The van der Waals surface area contributed by atoms with E-state index in [4.69, 9.17) is 0 Å². The van der Waals surface area contributed by atoms with E-state index >= 15 is 0 Å². The van der Waals surface area contributed by atoms with E-state index in [1.807, 2.05) is 6.92 Å². The Morgan fingerprint density at radius 3 is 2.60 bits per heavy atom. The molecule has 1 aromatic rings. The second-order valence-electron chi connectivity index (χ2n) is 3.47. The van der Waals surface area contributed by atoms with Crippen LogP contribution in [-0.4, -0.2) is 10.6 Å². The molecule has 0 aliphatic heterocycles. The molecule has 0 heterocycles. The van der Waals surface area contributed by atoms with Gasteiger partial charge in [-0.15, -0.1) is 0 Å². The van der Waals surface area contributed by atoms with Gasteiger partial charge in [0.25, 0.3) is 0 Å². The van der Waals surface area contributed by atoms with Gasteiger partial charge in [-0.05, 0) is 30.7 Å². The number of rotatable bonds is 3. The summed E-state index contributed by atoms with van der Waals surface area (Å²) in [6, 6.07) is 4.75. The highest BCUT2D eigenvalue weighted by molar-refractivity contribution is 9.10. The van der Waals surface area contributed by atoms with Crippen LogP contribution in [0.25, 0.3) is 0 Å². The highest BCUT2D eigenvalue weighted by Crippen LogP contribution is 2.29. The van der Waals surface area contributed by atoms with Crippen LogP contribution in [0.1, 0.15) is 25.3 Å². The van der Waals surface area contributed by atoms with Crippen LogP contribution in [0.4, 0.5) is 4.39 Å². The maximum absolute atomic E-state index is 13.5. The van der Waals surface area contributed by atoms with Gasteiger partial charge in [-0.2, -0.15) is 0 Å². The summed E-state index contributed by atoms with van der Waals surface area (Å²) in [5.41, 5.74) is 0.543. The molecule has 2 atom stereocenters. The Bertz CT molecular complexity index is 379. The molecule has 2 unspecified atom stereocenters. The SMILES string of the molecule is CC(=O)C(Br)C(C)c1cc(Br)ccc1F. The van der Waals surface area contributed by atoms with Crippen LogP contribution < -0.4 is 0 Å². The molecule has 0 spiro atoms. The summed E-state index contributed by atoms with van der Waals surface area (Å²) in [4.78, 5) is 10.8. The average Bonchev–Trinajstić information content (AvgIpc) is 2.19. The van der Waals surface area contributed by atoms with Gasteiger partial charge in [0.15, 0.2) is 0 Å². The van der Waals surface area contributed by atoms with E-state index in [1.165, 1.54) is 13.0 Å². The van der Waals surface area contributed by atoms with Gasteiger partial charge in [0, 0.05) is 10.4 Å². The van der Waals surface area contributed by atoms with Crippen molar-refractivity contribution in [1.29, 1.82) is 0 Å². The predicted octanol–water partition coefficient (Wildman–Crippen LogP) is 4.04. The van der Waals surface area contributed by atoms with Crippen molar-refractivity contribution in [3.8, 4) is 0 Å². The summed E-state index contributed by atoms with van der Waals surface area (Å²) in [5, 5.41) is 0. The first-order valence-electron chi connectivity index (χ1n) is 4.53. The van der Waals surface area contributed by atoms with Crippen LogP contribution in [0, 0.1) is 5.82 Å². The number of carbonyl (C=O) groups is 1. The maximum Gasteiger partial charge on any atom is 0.144 e. The highest BCUT2D eigenvalue weighted by Gasteiger charge is 2.22. The van der Waals surface area contributed by atoms with Gasteiger partial charge in [0.05, 0.1) is 4.83 Å². The number of Topliss-reactive ketones (excluding diaryl/α,β-unsaturated/α-hetero) is 1. The first-order chi connectivity index (χ1) is 6.93. The molecule has 1 nitrogen and oxygen atoms in total. The number of ketones is 1. The van der Waals surface area contributed by atoms with Crippen LogP contribution in [0.2, 0.25) is 0 Å². The molecular formula is C11H11Br2FO. The van der Waals surface area contributed by atoms with Crippen molar-refractivity contribution in [2.45, 2.75) is 24.6 Å². The van der Waals surface area contributed by atoms with E-state index in [9.17, 15) is 9.18 Å². The first kappa shape index (κ1) is 12.8. The van der Waals surface area contributed by atoms with E-state index in [-0.39, 0.29) is 22.3 Å². The lowest BCUT2D eigenvalue weighted by molar-refractivity contribution is -0.116. The van der Waals surface area contributed by atoms with Crippen molar-refractivity contribution in [3.63, 3.8) is 0 Å². The van der Waals surface area contributed by atoms with Crippen LogP contribution in [0.5, 0.6) is 0 Å². The Morgan fingerprint density at radius 1 is 1.47 bits per heavy atom. The number of hydrogen-bond acceptors (Lipinski definition) is 1. The molecule has 0 aliphatic rings. The van der Waals surface area contributed by atoms with Gasteiger partial charge >= 0.3 is 0 Å². The highest BCUT2D eigenvalue weighted by atomic mass is 79.9. The lowest BCUT2D eigenvalue weighted by atomic mass is 9.95. The molecular weight excluding hydrogens is 327 g/mol. The number of carbonyl (C=O) groups excluding carboxylic acids is 1. The molecule has 0 aliphatic carbocycles. The third-order valence-corrected chi connectivity index (χ3v) is 4.21. The van der Waals surface area contributed by atoms with Gasteiger partial charge in [0.2, 0.25) is 0 Å². The van der Waals surface area contributed by atoms with E-state index < -0.39 is 0 Å². The third kappa shape index (κ3) is 3.11. The Morgan fingerprint density at radius 2 is 2.07 bits per heavy atom. The number of alkyl halides is 1. The molecule has 0 bridgehead atoms. The Hall–Kier alpha value is -0.220. The summed E-state index contributed by atoms with van der Waals surface area (Å²) in [6.07, 6.45) is 0. The van der Waals surface area contributed by atoms with Crippen molar-refractivity contribution in [2.75, 3.05) is 0 Å². The molecule has 0 N–H and O–H groups in total. The lowest BCUT2D eigenvalue weighted by Gasteiger charge is -2.17. The largest absolute Gasteiger partial charge is 0.299 e. The minimum atomic E-state index is -0.346. The molecule has 0 radical (unpaired) electrons. The fourth-order valence-electron chi connectivity index (χ4n) is 1.37. The minimum Gasteiger partial charge on any atom is -0.299 e. The van der Waals surface area contributed by atoms with Crippen LogP contribution in [0.15, 0.2) is 22.7 Å². The van der Waals surface area contributed by atoms with E-state index in [1.54, 1.807) is 12.1 Å². The van der Waals surface area contributed by atoms with Crippen LogP contribution in [-0.2, 0) is 4.79 Å². The van der Waals surface area contributed by atoms with Crippen LogP contribution >= 0.6 is 31.9 Å². The van der Waals surface area contributed by atoms with Gasteiger partial charge in [-0.3, -0.25) is 4.79 Å². The normalized spacial score (nSPS) is 14.7. The summed E-state index contributed by atoms with van der Waals surface area (Å²) in [7, 11) is 0. The zero-order valence-corrected chi connectivity index (χ0v) is 11.6. The molecule has 4 heteroatoms. The van der Waals surface area contributed by atoms with Crippen molar-refractivity contribution in [2.24, 2.45) is 0 Å². The molecule has 0 aromatic heterocycles. The Kier molecular flexibility index (Phi) is 4.46. The Labute approximate surface area is 105 Å². The maximum atomic E-state index is 13.5. The predicted molar refractivity (Wildman–Crippen MR) is 65.9 cm³/mol. The van der Waals surface area contributed by atoms with Crippen molar-refractivity contribution < 1.29 is 9.18 Å². The summed E-state index contributed by atoms with van der Waals surface area (Å²) >= 11 is 6.56. The molecule has 0 saturated carbocycles. The van der Waals surface area contributed by atoms with E-state index in [0.717, 1.165) is 4.47 Å². The smallest absolute Gasteiger partial charge is 0.144 e. The summed E-state index contributed by atoms with van der Waals surface area (Å²) < 4.78 is 14.3.